The van der Waals surface area contributed by atoms with Crippen LogP contribution in [-0.2, 0) is 17.6 Å². The number of hydrogen-bond acceptors (Lipinski definition) is 3. The van der Waals surface area contributed by atoms with Crippen molar-refractivity contribution in [1.29, 1.82) is 0 Å². The van der Waals surface area contributed by atoms with E-state index in [0.717, 1.165) is 11.1 Å². The highest BCUT2D eigenvalue weighted by Gasteiger charge is 2.45. The number of amides is 1. The van der Waals surface area contributed by atoms with E-state index in [1.807, 2.05) is 60.7 Å². The van der Waals surface area contributed by atoms with Gasteiger partial charge in [0.1, 0.15) is 11.3 Å². The lowest BCUT2D eigenvalue weighted by molar-refractivity contribution is -0.126. The topological polar surface area (TPSA) is 67.5 Å². The fourth-order valence-electron chi connectivity index (χ4n) is 2.87. The first kappa shape index (κ1) is 15.4. The molecule has 1 amide bonds. The molecule has 0 radical (unpaired) electrons. The minimum atomic E-state index is -0.926. The van der Waals surface area contributed by atoms with E-state index < -0.39 is 5.41 Å². The summed E-state index contributed by atoms with van der Waals surface area (Å²) in [6.45, 7) is 0. The first-order valence-electron chi connectivity index (χ1n) is 7.38. The van der Waals surface area contributed by atoms with Crippen molar-refractivity contribution in [3.63, 3.8) is 0 Å². The smallest absolute Gasteiger partial charge is 0.240 e. The molecule has 0 aromatic heterocycles. The third kappa shape index (κ3) is 3.14. The van der Waals surface area contributed by atoms with Crippen molar-refractivity contribution in [2.45, 2.75) is 12.8 Å². The maximum absolute atomic E-state index is 12.8. The van der Waals surface area contributed by atoms with Crippen LogP contribution in [0.2, 0.25) is 0 Å². The number of aliphatic imine (C=N–C) groups is 1. The summed E-state index contributed by atoms with van der Waals surface area (Å²) in [6.07, 6.45) is 0.957. The van der Waals surface area contributed by atoms with E-state index in [1.165, 1.54) is 0 Å². The summed E-state index contributed by atoms with van der Waals surface area (Å²) in [5.74, 6) is 0.0849. The molecule has 1 aliphatic heterocycles. The quantitative estimate of drug-likeness (QED) is 0.848. The predicted molar refractivity (Wildman–Crippen MR) is 95.1 cm³/mol. The summed E-state index contributed by atoms with van der Waals surface area (Å²) in [7, 11) is 0. The molecular weight excluding hydrogens is 306 g/mol. The highest BCUT2D eigenvalue weighted by molar-refractivity contribution is 7.80. The van der Waals surface area contributed by atoms with Crippen molar-refractivity contribution in [2.75, 3.05) is 0 Å². The first-order chi connectivity index (χ1) is 11.1. The van der Waals surface area contributed by atoms with Crippen LogP contribution in [-0.4, -0.2) is 16.9 Å². The number of thiocarbonyl (C=S) groups is 1. The lowest BCUT2D eigenvalue weighted by atomic mass is 9.74. The second-order valence-corrected chi connectivity index (χ2v) is 6.05. The van der Waals surface area contributed by atoms with Crippen molar-refractivity contribution in [2.24, 2.45) is 16.1 Å². The molecule has 5 heteroatoms. The van der Waals surface area contributed by atoms with Gasteiger partial charge in [0.2, 0.25) is 11.0 Å². The largest absolute Gasteiger partial charge is 0.386 e. The molecule has 4 nitrogen and oxygen atoms in total. The number of rotatable bonds is 4. The highest BCUT2D eigenvalue weighted by Crippen LogP contribution is 2.31. The van der Waals surface area contributed by atoms with Crippen LogP contribution in [0.1, 0.15) is 11.1 Å². The van der Waals surface area contributed by atoms with Crippen molar-refractivity contribution >= 4 is 29.1 Å². The molecule has 23 heavy (non-hydrogen) atoms. The average Bonchev–Trinajstić information content (AvgIpc) is 2.54. The van der Waals surface area contributed by atoms with E-state index >= 15 is 0 Å². The fraction of sp³-hybridized carbons (Fsp3) is 0.167. The number of carbonyl (C=O) groups excluding carboxylic acids is 1. The molecule has 2 aromatic rings. The second-order valence-electron chi connectivity index (χ2n) is 5.66. The first-order valence-corrected chi connectivity index (χ1v) is 7.79. The Morgan fingerprint density at radius 1 is 0.957 bits per heavy atom. The Kier molecular flexibility index (Phi) is 4.21. The Morgan fingerprint density at radius 3 is 1.87 bits per heavy atom. The number of benzene rings is 2. The Balaban J connectivity index is 2.04. The number of nitrogens with two attached hydrogens (primary N) is 1. The zero-order valence-corrected chi connectivity index (χ0v) is 13.3. The van der Waals surface area contributed by atoms with Gasteiger partial charge in [0, 0.05) is 0 Å². The van der Waals surface area contributed by atoms with Gasteiger partial charge in [0.25, 0.3) is 0 Å². The van der Waals surface area contributed by atoms with E-state index in [4.69, 9.17) is 18.0 Å². The van der Waals surface area contributed by atoms with Crippen molar-refractivity contribution in [3.05, 3.63) is 71.8 Å². The van der Waals surface area contributed by atoms with Crippen molar-refractivity contribution in [3.8, 4) is 0 Å². The highest BCUT2D eigenvalue weighted by atomic mass is 32.1. The summed E-state index contributed by atoms with van der Waals surface area (Å²) in [5.41, 5.74) is 7.33. The third-order valence-electron chi connectivity index (χ3n) is 4.06. The van der Waals surface area contributed by atoms with Crippen molar-refractivity contribution in [1.82, 2.24) is 5.32 Å². The second kappa shape index (κ2) is 6.30. The summed E-state index contributed by atoms with van der Waals surface area (Å²) < 4.78 is 0. The summed E-state index contributed by atoms with van der Waals surface area (Å²) in [4.78, 5) is 17.0. The van der Waals surface area contributed by atoms with Crippen LogP contribution in [0.3, 0.4) is 0 Å². The number of amidine groups is 1. The number of nitrogens with one attached hydrogen (secondary N) is 1. The average molecular weight is 323 g/mol. The summed E-state index contributed by atoms with van der Waals surface area (Å²) >= 11 is 4.99. The lowest BCUT2D eigenvalue weighted by Gasteiger charge is -2.35. The molecule has 0 atom stereocenters. The summed E-state index contributed by atoms with van der Waals surface area (Å²) in [5, 5.41) is 2.80. The minimum absolute atomic E-state index is 0.129. The van der Waals surface area contributed by atoms with Gasteiger partial charge < -0.3 is 11.1 Å². The van der Waals surface area contributed by atoms with Crippen molar-refractivity contribution < 1.29 is 4.79 Å². The molecule has 0 fully saturated rings. The van der Waals surface area contributed by atoms with Crippen LogP contribution in [0.4, 0.5) is 0 Å². The van der Waals surface area contributed by atoms with Gasteiger partial charge in [0.05, 0.1) is 0 Å². The van der Waals surface area contributed by atoms with E-state index in [0.29, 0.717) is 12.8 Å². The van der Waals surface area contributed by atoms with Gasteiger partial charge in [-0.05, 0) is 36.2 Å². The van der Waals surface area contributed by atoms with E-state index in [2.05, 4.69) is 10.3 Å². The Morgan fingerprint density at radius 2 is 1.43 bits per heavy atom. The Hall–Kier alpha value is -2.53. The Labute approximate surface area is 140 Å². The van der Waals surface area contributed by atoms with Gasteiger partial charge in [0.15, 0.2) is 0 Å². The van der Waals surface area contributed by atoms with E-state index in [9.17, 15) is 4.79 Å². The molecule has 2 aromatic carbocycles. The molecule has 3 N–H and O–H groups in total. The van der Waals surface area contributed by atoms with Crippen LogP contribution < -0.4 is 11.1 Å². The minimum Gasteiger partial charge on any atom is -0.386 e. The van der Waals surface area contributed by atoms with Gasteiger partial charge in [-0.25, -0.2) is 4.99 Å². The molecule has 116 valence electrons. The van der Waals surface area contributed by atoms with E-state index in [1.54, 1.807) is 0 Å². The zero-order chi connectivity index (χ0) is 16.3. The zero-order valence-electron chi connectivity index (χ0n) is 12.5. The van der Waals surface area contributed by atoms with E-state index in [-0.39, 0.29) is 16.9 Å². The molecule has 0 saturated carbocycles. The normalized spacial score (nSPS) is 16.6. The van der Waals surface area contributed by atoms with Crippen LogP contribution in [0.15, 0.2) is 65.7 Å². The molecule has 0 spiro atoms. The molecule has 0 unspecified atom stereocenters. The molecule has 0 saturated heterocycles. The molecule has 0 aliphatic carbocycles. The van der Waals surface area contributed by atoms with Gasteiger partial charge in [-0.3, -0.25) is 4.79 Å². The maximum Gasteiger partial charge on any atom is 0.240 e. The van der Waals surface area contributed by atoms with Crippen LogP contribution in [0.5, 0.6) is 0 Å². The van der Waals surface area contributed by atoms with Crippen LogP contribution in [0, 0.1) is 5.41 Å². The number of carbonyl (C=O) groups is 1. The number of nitrogens with zero attached hydrogens (tertiary/aromatic N) is 1. The standard InChI is InChI=1S/C18H17N3OS/c19-15-18(16(22)21-17(23)20-15,11-13-7-3-1-4-8-13)12-14-9-5-2-6-10-14/h1-10H,11-12H2,(H3,19,20,21,22,23). The third-order valence-corrected chi connectivity index (χ3v) is 4.26. The molecular formula is C18H17N3OS. The van der Waals surface area contributed by atoms with Gasteiger partial charge in [-0.2, -0.15) is 0 Å². The van der Waals surface area contributed by atoms with Crippen LogP contribution >= 0.6 is 12.2 Å². The maximum atomic E-state index is 12.8. The lowest BCUT2D eigenvalue weighted by Crippen LogP contribution is -2.57. The van der Waals surface area contributed by atoms with Crippen LogP contribution in [0.25, 0.3) is 0 Å². The SMILES string of the molecule is NC1=NC(=S)NC(=O)C1(Cc1ccccc1)Cc1ccccc1. The van der Waals surface area contributed by atoms with Gasteiger partial charge >= 0.3 is 0 Å². The fourth-order valence-corrected chi connectivity index (χ4v) is 3.06. The number of hydrogen-bond donors (Lipinski definition) is 2. The predicted octanol–water partition coefficient (Wildman–Crippen LogP) is 2.23. The summed E-state index contributed by atoms with van der Waals surface area (Å²) in [6, 6.07) is 19.6. The molecule has 1 aliphatic rings. The molecule has 1 heterocycles. The Bertz CT molecular complexity index is 715. The monoisotopic (exact) mass is 323 g/mol. The molecule has 3 rings (SSSR count). The van der Waals surface area contributed by atoms with Gasteiger partial charge in [-0.15, -0.1) is 0 Å². The van der Waals surface area contributed by atoms with Gasteiger partial charge in [-0.1, -0.05) is 60.7 Å². The molecule has 0 bridgehead atoms.